The van der Waals surface area contributed by atoms with Crippen LogP contribution in [-0.2, 0) is 13.9 Å². The van der Waals surface area contributed by atoms with Crippen LogP contribution in [0.15, 0.2) is 24.3 Å². The Morgan fingerprint density at radius 2 is 1.28 bits per heavy atom. The van der Waals surface area contributed by atoms with Gasteiger partial charge in [0.25, 0.3) is 0 Å². The zero-order chi connectivity index (χ0) is 26.7. The van der Waals surface area contributed by atoms with Crippen molar-refractivity contribution in [3.05, 3.63) is 52.1 Å². The summed E-state index contributed by atoms with van der Waals surface area (Å²) in [5.41, 5.74) is 7.69. The lowest BCUT2D eigenvalue weighted by Crippen LogP contribution is -2.01. The van der Waals surface area contributed by atoms with Crippen molar-refractivity contribution in [1.29, 1.82) is 0 Å². The van der Waals surface area contributed by atoms with Crippen LogP contribution in [0.3, 0.4) is 0 Å². The fraction of sp³-hybridized carbons (Fsp3) is 0.552. The number of hydrogen-bond acceptors (Lipinski definition) is 4. The molecule has 0 heterocycles. The molecule has 0 aliphatic carbocycles. The minimum Gasteiger partial charge on any atom is -0.481 e. The summed E-state index contributed by atoms with van der Waals surface area (Å²) in [6.07, 6.45) is 9.10. The van der Waals surface area contributed by atoms with E-state index in [2.05, 4.69) is 32.9 Å². The first-order valence-corrected chi connectivity index (χ1v) is 14.6. The Kier molecular flexibility index (Phi) is 12.2. The van der Waals surface area contributed by atoms with Crippen molar-refractivity contribution in [1.82, 2.24) is 0 Å². The number of benzene rings is 2. The van der Waals surface area contributed by atoms with Gasteiger partial charge in [-0.1, -0.05) is 62.6 Å². The molecule has 0 spiro atoms. The minimum atomic E-state index is -4.20. The first-order valence-electron chi connectivity index (χ1n) is 13.1. The topological polar surface area (TPSA) is 93.1 Å². The van der Waals surface area contributed by atoms with Crippen LogP contribution in [0.4, 0.5) is 0 Å². The standard InChI is InChI=1S/C29H43O6P/c1-21-17-24(4)29(25(5)18-21)26-19-23(3)27(20-22(26)2)35-36(32,33)34-16-14-12-10-8-6-7-9-11-13-15-28(30)31/h17-20H,6-16H2,1-5H3,(H,30,31)(H,32,33). The summed E-state index contributed by atoms with van der Waals surface area (Å²) >= 11 is 0. The molecule has 0 aliphatic rings. The van der Waals surface area contributed by atoms with Gasteiger partial charge >= 0.3 is 13.8 Å². The molecule has 2 aromatic rings. The Bertz CT molecular complexity index is 1040. The highest BCUT2D eigenvalue weighted by Crippen LogP contribution is 2.46. The number of unbranched alkanes of at least 4 members (excludes halogenated alkanes) is 8. The number of carboxylic acid groups (broad SMARTS) is 1. The van der Waals surface area contributed by atoms with Crippen LogP contribution in [0.1, 0.15) is 92.0 Å². The lowest BCUT2D eigenvalue weighted by Gasteiger charge is -2.19. The SMILES string of the molecule is Cc1cc(C)c(-c2cc(C)c(OP(=O)(O)OCCCCCCCCCCCC(=O)O)cc2C)c(C)c1. The van der Waals surface area contributed by atoms with E-state index in [0.717, 1.165) is 68.1 Å². The van der Waals surface area contributed by atoms with Gasteiger partial charge in [-0.3, -0.25) is 14.2 Å². The maximum Gasteiger partial charge on any atom is 0.527 e. The zero-order valence-corrected chi connectivity index (χ0v) is 23.5. The first kappa shape index (κ1) is 30.1. The first-order chi connectivity index (χ1) is 17.0. The Morgan fingerprint density at radius 3 is 1.83 bits per heavy atom. The number of rotatable bonds is 16. The number of carboxylic acids is 1. The van der Waals surface area contributed by atoms with E-state index in [4.69, 9.17) is 14.2 Å². The molecule has 0 radical (unpaired) electrons. The molecule has 0 fully saturated rings. The van der Waals surface area contributed by atoms with Gasteiger partial charge < -0.3 is 9.63 Å². The van der Waals surface area contributed by atoms with E-state index in [0.29, 0.717) is 12.2 Å². The molecule has 36 heavy (non-hydrogen) atoms. The fourth-order valence-electron chi connectivity index (χ4n) is 4.71. The van der Waals surface area contributed by atoms with Crippen molar-refractivity contribution in [2.45, 2.75) is 98.8 Å². The Balaban J connectivity index is 1.77. The third-order valence-electron chi connectivity index (χ3n) is 6.47. The number of phosphoric acid groups is 1. The summed E-state index contributed by atoms with van der Waals surface area (Å²) in [6, 6.07) is 8.17. The lowest BCUT2D eigenvalue weighted by atomic mass is 9.90. The second kappa shape index (κ2) is 14.6. The smallest absolute Gasteiger partial charge is 0.481 e. The Labute approximate surface area is 216 Å². The van der Waals surface area contributed by atoms with Crippen molar-refractivity contribution >= 4 is 13.8 Å². The molecule has 1 atom stereocenters. The quantitative estimate of drug-likeness (QED) is 0.171. The van der Waals surface area contributed by atoms with E-state index in [-0.39, 0.29) is 13.0 Å². The zero-order valence-electron chi connectivity index (χ0n) is 22.6. The average molecular weight is 519 g/mol. The largest absolute Gasteiger partial charge is 0.527 e. The van der Waals surface area contributed by atoms with Gasteiger partial charge in [0, 0.05) is 6.42 Å². The van der Waals surface area contributed by atoms with E-state index in [1.807, 2.05) is 26.0 Å². The average Bonchev–Trinajstić information content (AvgIpc) is 2.76. The number of phosphoric ester groups is 1. The highest BCUT2D eigenvalue weighted by atomic mass is 31.2. The van der Waals surface area contributed by atoms with E-state index >= 15 is 0 Å². The Morgan fingerprint density at radius 1 is 0.750 bits per heavy atom. The Hall–Kier alpha value is -2.14. The molecule has 0 aliphatic heterocycles. The highest BCUT2D eigenvalue weighted by molar-refractivity contribution is 7.47. The molecule has 6 nitrogen and oxygen atoms in total. The van der Waals surface area contributed by atoms with Crippen molar-refractivity contribution in [3.8, 4) is 16.9 Å². The molecule has 2 N–H and O–H groups in total. The number of aryl methyl sites for hydroxylation is 5. The molecule has 1 unspecified atom stereocenters. The van der Waals surface area contributed by atoms with E-state index in [9.17, 15) is 14.3 Å². The molecule has 0 saturated heterocycles. The van der Waals surface area contributed by atoms with Crippen molar-refractivity contribution in [3.63, 3.8) is 0 Å². The van der Waals surface area contributed by atoms with Crippen molar-refractivity contribution in [2.24, 2.45) is 0 Å². The summed E-state index contributed by atoms with van der Waals surface area (Å²) in [7, 11) is -4.20. The second-order valence-corrected chi connectivity index (χ2v) is 11.3. The fourth-order valence-corrected chi connectivity index (χ4v) is 5.57. The maximum absolute atomic E-state index is 12.5. The molecular formula is C29H43O6P. The van der Waals surface area contributed by atoms with Gasteiger partial charge in [0.1, 0.15) is 5.75 Å². The molecule has 0 amide bonds. The van der Waals surface area contributed by atoms with Gasteiger partial charge in [-0.05, 0) is 93.0 Å². The molecular weight excluding hydrogens is 475 g/mol. The predicted molar refractivity (Wildman–Crippen MR) is 146 cm³/mol. The van der Waals surface area contributed by atoms with E-state index in [1.165, 1.54) is 22.3 Å². The van der Waals surface area contributed by atoms with Gasteiger partial charge in [0.05, 0.1) is 6.61 Å². The summed E-state index contributed by atoms with van der Waals surface area (Å²) in [5, 5.41) is 8.63. The summed E-state index contributed by atoms with van der Waals surface area (Å²) in [6.45, 7) is 10.3. The van der Waals surface area contributed by atoms with Gasteiger partial charge in [-0.2, -0.15) is 0 Å². The maximum atomic E-state index is 12.5. The summed E-state index contributed by atoms with van der Waals surface area (Å²) in [4.78, 5) is 20.7. The van der Waals surface area contributed by atoms with Crippen LogP contribution in [-0.4, -0.2) is 22.6 Å². The van der Waals surface area contributed by atoms with Crippen molar-refractivity contribution < 1.29 is 28.4 Å². The van der Waals surface area contributed by atoms with Gasteiger partial charge in [0.15, 0.2) is 0 Å². The van der Waals surface area contributed by atoms with Gasteiger partial charge in [0.2, 0.25) is 0 Å². The number of carbonyl (C=O) groups is 1. The summed E-state index contributed by atoms with van der Waals surface area (Å²) < 4.78 is 23.2. The third-order valence-corrected chi connectivity index (χ3v) is 7.41. The lowest BCUT2D eigenvalue weighted by molar-refractivity contribution is -0.137. The van der Waals surface area contributed by atoms with Crippen LogP contribution in [0.25, 0.3) is 11.1 Å². The van der Waals surface area contributed by atoms with Crippen molar-refractivity contribution in [2.75, 3.05) is 6.61 Å². The second-order valence-electron chi connectivity index (χ2n) is 9.93. The van der Waals surface area contributed by atoms with Crippen LogP contribution < -0.4 is 4.52 Å². The molecule has 0 bridgehead atoms. The molecule has 2 rings (SSSR count). The predicted octanol–water partition coefficient (Wildman–Crippen LogP) is 8.38. The molecule has 2 aromatic carbocycles. The summed E-state index contributed by atoms with van der Waals surface area (Å²) in [5.74, 6) is -0.352. The third kappa shape index (κ3) is 10.1. The molecule has 0 aromatic heterocycles. The monoisotopic (exact) mass is 518 g/mol. The van der Waals surface area contributed by atoms with E-state index in [1.54, 1.807) is 0 Å². The highest BCUT2D eigenvalue weighted by Gasteiger charge is 2.24. The van der Waals surface area contributed by atoms with E-state index < -0.39 is 13.8 Å². The minimum absolute atomic E-state index is 0.181. The van der Waals surface area contributed by atoms with Crippen LogP contribution in [0.2, 0.25) is 0 Å². The van der Waals surface area contributed by atoms with Gasteiger partial charge in [-0.15, -0.1) is 0 Å². The molecule has 0 saturated carbocycles. The number of hydrogen-bond donors (Lipinski definition) is 2. The van der Waals surface area contributed by atoms with Gasteiger partial charge in [-0.25, -0.2) is 4.57 Å². The van der Waals surface area contributed by atoms with Crippen LogP contribution >= 0.6 is 7.82 Å². The normalized spacial score (nSPS) is 12.9. The molecule has 200 valence electrons. The molecule has 7 heteroatoms. The number of aliphatic carboxylic acids is 1. The van der Waals surface area contributed by atoms with Crippen LogP contribution in [0, 0.1) is 34.6 Å². The van der Waals surface area contributed by atoms with Crippen LogP contribution in [0.5, 0.6) is 5.75 Å².